The Hall–Kier alpha value is -1.74. The first kappa shape index (κ1) is 11.4. The Morgan fingerprint density at radius 3 is 2.94 bits per heavy atom. The molecule has 2 saturated heterocycles. The summed E-state index contributed by atoms with van der Waals surface area (Å²) >= 11 is 0. The second-order valence-electron chi connectivity index (χ2n) is 4.66. The summed E-state index contributed by atoms with van der Waals surface area (Å²) in [7, 11) is 0. The third-order valence-electron chi connectivity index (χ3n) is 3.45. The van der Waals surface area contributed by atoms with Gasteiger partial charge in [-0.25, -0.2) is 0 Å². The van der Waals surface area contributed by atoms with Crippen LogP contribution >= 0.6 is 0 Å². The van der Waals surface area contributed by atoms with Crippen molar-refractivity contribution in [2.75, 3.05) is 0 Å². The maximum absolute atomic E-state index is 12.3. The molecule has 2 fully saturated rings. The number of carbonyl (C=O) groups excluding carboxylic acids is 1. The van der Waals surface area contributed by atoms with Crippen LogP contribution in [0, 0.1) is 6.61 Å². The molecule has 1 aromatic carbocycles. The molecule has 0 N–H and O–H groups in total. The van der Waals surface area contributed by atoms with Crippen LogP contribution in [-0.2, 0) is 9.53 Å². The van der Waals surface area contributed by atoms with E-state index in [4.69, 9.17) is 4.74 Å². The van der Waals surface area contributed by atoms with Crippen LogP contribution in [-0.4, -0.2) is 16.8 Å². The molecule has 0 radical (unpaired) electrons. The van der Waals surface area contributed by atoms with Crippen molar-refractivity contribution in [3.05, 3.63) is 54.2 Å². The highest BCUT2D eigenvalue weighted by atomic mass is 16.5. The smallest absolute Gasteiger partial charge is 0.255 e. The first-order valence-electron chi connectivity index (χ1n) is 6.36. The minimum Gasteiger partial charge on any atom is -0.269 e. The minimum absolute atomic E-state index is 0.0977. The maximum atomic E-state index is 12.3. The number of hydrogen-bond donors (Lipinski definition) is 0. The van der Waals surface area contributed by atoms with Gasteiger partial charge < -0.3 is 0 Å². The Morgan fingerprint density at radius 1 is 1.44 bits per heavy atom. The number of rotatable bonds is 2. The third-order valence-corrected chi connectivity index (χ3v) is 3.45. The number of amides is 1. The molecule has 2 heterocycles. The van der Waals surface area contributed by atoms with Crippen LogP contribution in [0.1, 0.15) is 31.6 Å². The molecular formula is C15H16NO2+. The number of benzene rings is 1. The van der Waals surface area contributed by atoms with E-state index in [1.165, 1.54) is 0 Å². The van der Waals surface area contributed by atoms with E-state index >= 15 is 0 Å². The highest BCUT2D eigenvalue weighted by Gasteiger charge is 2.52. The van der Waals surface area contributed by atoms with Gasteiger partial charge in [-0.15, -0.1) is 0 Å². The lowest BCUT2D eigenvalue weighted by atomic mass is 10.1. The highest BCUT2D eigenvalue weighted by Crippen LogP contribution is 2.41. The Bertz CT molecular complexity index is 481. The van der Waals surface area contributed by atoms with Gasteiger partial charge in [0.25, 0.3) is 12.5 Å². The quantitative estimate of drug-likeness (QED) is 0.589. The minimum atomic E-state index is -0.258. The van der Waals surface area contributed by atoms with Crippen molar-refractivity contribution in [3.8, 4) is 0 Å². The molecule has 92 valence electrons. The molecule has 3 nitrogen and oxygen atoms in total. The van der Waals surface area contributed by atoms with Crippen LogP contribution in [0.5, 0.6) is 0 Å². The van der Waals surface area contributed by atoms with E-state index in [1.807, 2.05) is 41.3 Å². The van der Waals surface area contributed by atoms with Crippen molar-refractivity contribution >= 4 is 5.91 Å². The van der Waals surface area contributed by atoms with E-state index in [2.05, 4.69) is 6.92 Å². The number of ether oxygens (including phenoxy) is 1. The molecule has 2 aliphatic heterocycles. The summed E-state index contributed by atoms with van der Waals surface area (Å²) in [6.07, 6.45) is 3.44. The van der Waals surface area contributed by atoms with Crippen LogP contribution in [0.15, 0.2) is 42.0 Å². The van der Waals surface area contributed by atoms with E-state index in [0.29, 0.717) is 0 Å². The van der Waals surface area contributed by atoms with Gasteiger partial charge in [0, 0.05) is 17.6 Å². The summed E-state index contributed by atoms with van der Waals surface area (Å²) in [5.41, 5.74) is 1.95. The second-order valence-corrected chi connectivity index (χ2v) is 4.66. The van der Waals surface area contributed by atoms with Crippen molar-refractivity contribution in [2.45, 2.75) is 32.0 Å². The van der Waals surface area contributed by atoms with E-state index < -0.39 is 0 Å². The molecular weight excluding hydrogens is 226 g/mol. The molecule has 0 aromatic heterocycles. The standard InChI is InChI=1S/C15H16NO2/c1-2-6-12-9-13-10-18-15(16(13)14(12)17)11-7-4-3-5-8-11/h3-8,10,13,15H,2,9H2,1H3/q+1/b12-6+. The normalized spacial score (nSPS) is 28.6. The average Bonchev–Trinajstić information content (AvgIpc) is 2.93. The van der Waals surface area contributed by atoms with Crippen molar-refractivity contribution in [1.29, 1.82) is 0 Å². The predicted molar refractivity (Wildman–Crippen MR) is 68.2 cm³/mol. The number of allylic oxidation sites excluding steroid dienone is 1. The third kappa shape index (κ3) is 1.71. The van der Waals surface area contributed by atoms with Crippen LogP contribution in [0.2, 0.25) is 0 Å². The summed E-state index contributed by atoms with van der Waals surface area (Å²) in [6.45, 7) is 3.85. The first-order chi connectivity index (χ1) is 8.81. The lowest BCUT2D eigenvalue weighted by molar-refractivity contribution is -0.130. The fourth-order valence-electron chi connectivity index (χ4n) is 2.63. The number of carbonyl (C=O) groups is 1. The van der Waals surface area contributed by atoms with Gasteiger partial charge >= 0.3 is 0 Å². The van der Waals surface area contributed by atoms with Gasteiger partial charge in [0.1, 0.15) is 0 Å². The first-order valence-corrected chi connectivity index (χ1v) is 6.36. The highest BCUT2D eigenvalue weighted by molar-refractivity contribution is 5.96. The molecule has 0 spiro atoms. The van der Waals surface area contributed by atoms with E-state index in [-0.39, 0.29) is 18.2 Å². The Kier molecular flexibility index (Phi) is 2.84. The fraction of sp³-hybridized carbons (Fsp3) is 0.333. The van der Waals surface area contributed by atoms with Gasteiger partial charge in [-0.05, 0) is 6.42 Å². The van der Waals surface area contributed by atoms with Crippen LogP contribution in [0.3, 0.4) is 0 Å². The van der Waals surface area contributed by atoms with Gasteiger partial charge in [-0.3, -0.25) is 9.69 Å². The zero-order valence-electron chi connectivity index (χ0n) is 10.4. The van der Waals surface area contributed by atoms with Crippen LogP contribution in [0.25, 0.3) is 0 Å². The monoisotopic (exact) mass is 242 g/mol. The van der Waals surface area contributed by atoms with Gasteiger partial charge in [0.05, 0.1) is 0 Å². The summed E-state index contributed by atoms with van der Waals surface area (Å²) in [4.78, 5) is 14.2. The maximum Gasteiger partial charge on any atom is 0.255 e. The largest absolute Gasteiger partial charge is 0.269 e. The molecule has 2 unspecified atom stereocenters. The molecule has 3 heteroatoms. The molecule has 3 rings (SSSR count). The lowest BCUT2D eigenvalue weighted by Crippen LogP contribution is -2.30. The second kappa shape index (κ2) is 4.50. The SMILES string of the molecule is CC/C=C1\CC2[CH+]OC(c3ccccc3)N2C1=O. The number of hydrogen-bond acceptors (Lipinski definition) is 2. The van der Waals surface area contributed by atoms with Crippen molar-refractivity contribution in [2.24, 2.45) is 0 Å². The van der Waals surface area contributed by atoms with Crippen molar-refractivity contribution in [1.82, 2.24) is 4.90 Å². The predicted octanol–water partition coefficient (Wildman–Crippen LogP) is 2.81. The lowest BCUT2D eigenvalue weighted by Gasteiger charge is -2.17. The van der Waals surface area contributed by atoms with E-state index in [9.17, 15) is 4.79 Å². The van der Waals surface area contributed by atoms with E-state index in [1.54, 1.807) is 6.61 Å². The molecule has 2 aliphatic rings. The topological polar surface area (TPSA) is 29.5 Å². The van der Waals surface area contributed by atoms with E-state index in [0.717, 1.165) is 24.0 Å². The van der Waals surface area contributed by atoms with Crippen LogP contribution < -0.4 is 0 Å². The zero-order valence-corrected chi connectivity index (χ0v) is 10.4. The molecule has 0 saturated carbocycles. The van der Waals surface area contributed by atoms with Gasteiger partial charge in [-0.2, -0.15) is 4.74 Å². The summed E-state index contributed by atoms with van der Waals surface area (Å²) in [5.74, 6) is 0.115. The fourth-order valence-corrected chi connectivity index (χ4v) is 2.63. The number of nitrogens with zero attached hydrogens (tertiary/aromatic N) is 1. The zero-order chi connectivity index (χ0) is 12.5. The Morgan fingerprint density at radius 2 is 2.22 bits per heavy atom. The number of fused-ring (bicyclic) bond motifs is 1. The van der Waals surface area contributed by atoms with Gasteiger partial charge in [-0.1, -0.05) is 43.3 Å². The summed E-state index contributed by atoms with van der Waals surface area (Å²) in [5, 5.41) is 0. The average molecular weight is 242 g/mol. The van der Waals surface area contributed by atoms with Crippen molar-refractivity contribution in [3.63, 3.8) is 0 Å². The van der Waals surface area contributed by atoms with Gasteiger partial charge in [0.2, 0.25) is 12.3 Å². The molecule has 0 bridgehead atoms. The molecule has 0 aliphatic carbocycles. The Balaban J connectivity index is 1.89. The van der Waals surface area contributed by atoms with Crippen molar-refractivity contribution < 1.29 is 9.53 Å². The van der Waals surface area contributed by atoms with Gasteiger partial charge in [0.15, 0.2) is 0 Å². The molecule has 1 aromatic rings. The van der Waals surface area contributed by atoms with Crippen LogP contribution in [0.4, 0.5) is 0 Å². The Labute approximate surface area is 107 Å². The summed E-state index contributed by atoms with van der Waals surface area (Å²) < 4.78 is 5.66. The summed E-state index contributed by atoms with van der Waals surface area (Å²) in [6, 6.07) is 9.99. The molecule has 2 atom stereocenters. The molecule has 18 heavy (non-hydrogen) atoms. The molecule has 1 amide bonds.